The summed E-state index contributed by atoms with van der Waals surface area (Å²) in [5.41, 5.74) is 1.29. The molecule has 1 aliphatic rings. The molecule has 1 heterocycles. The van der Waals surface area contributed by atoms with E-state index < -0.39 is 0 Å². The number of hydrogen-bond donors (Lipinski definition) is 1. The third-order valence-corrected chi connectivity index (χ3v) is 4.14. The van der Waals surface area contributed by atoms with Crippen molar-refractivity contribution in [3.05, 3.63) is 23.8 Å². The van der Waals surface area contributed by atoms with Crippen LogP contribution in [-0.4, -0.2) is 50.8 Å². The highest BCUT2D eigenvalue weighted by atomic mass is 16.5. The summed E-state index contributed by atoms with van der Waals surface area (Å²) in [6.45, 7) is 7.87. The van der Waals surface area contributed by atoms with Crippen molar-refractivity contribution < 1.29 is 9.47 Å². The van der Waals surface area contributed by atoms with Crippen LogP contribution in [0, 0.1) is 0 Å². The van der Waals surface area contributed by atoms with E-state index in [1.807, 2.05) is 6.07 Å². The largest absolute Gasteiger partial charge is 0.493 e. The van der Waals surface area contributed by atoms with Gasteiger partial charge in [0.25, 0.3) is 0 Å². The van der Waals surface area contributed by atoms with Crippen molar-refractivity contribution in [2.24, 2.45) is 0 Å². The molecule has 0 amide bonds. The quantitative estimate of drug-likeness (QED) is 0.826. The van der Waals surface area contributed by atoms with Gasteiger partial charge in [-0.25, -0.2) is 0 Å². The third kappa shape index (κ3) is 3.25. The molecule has 1 aliphatic heterocycles. The molecule has 1 unspecified atom stereocenters. The normalized spacial score (nSPS) is 16.9. The third-order valence-electron chi connectivity index (χ3n) is 4.14. The van der Waals surface area contributed by atoms with E-state index in [1.165, 1.54) is 5.56 Å². The molecule has 20 heavy (non-hydrogen) atoms. The Labute approximate surface area is 122 Å². The summed E-state index contributed by atoms with van der Waals surface area (Å²) in [5, 5.41) is 3.35. The Morgan fingerprint density at radius 1 is 1.25 bits per heavy atom. The maximum absolute atomic E-state index is 5.38. The van der Waals surface area contributed by atoms with Crippen LogP contribution in [0.4, 0.5) is 0 Å². The second-order valence-electron chi connectivity index (χ2n) is 5.39. The van der Waals surface area contributed by atoms with E-state index >= 15 is 0 Å². The topological polar surface area (TPSA) is 33.7 Å². The highest BCUT2D eigenvalue weighted by Gasteiger charge is 2.27. The predicted octanol–water partition coefficient (Wildman–Crippen LogP) is 1.93. The number of benzene rings is 1. The minimum atomic E-state index is 0.533. The highest BCUT2D eigenvalue weighted by Crippen LogP contribution is 2.28. The van der Waals surface area contributed by atoms with E-state index in [0.717, 1.165) is 37.6 Å². The first kappa shape index (κ1) is 15.1. The van der Waals surface area contributed by atoms with Crippen LogP contribution >= 0.6 is 0 Å². The van der Waals surface area contributed by atoms with Gasteiger partial charge in [-0.2, -0.15) is 0 Å². The number of nitrogens with zero attached hydrogens (tertiary/aromatic N) is 1. The minimum absolute atomic E-state index is 0.533. The zero-order valence-corrected chi connectivity index (χ0v) is 13.0. The van der Waals surface area contributed by atoms with Crippen LogP contribution in [0.15, 0.2) is 18.2 Å². The van der Waals surface area contributed by atoms with Crippen molar-refractivity contribution in [3.63, 3.8) is 0 Å². The van der Waals surface area contributed by atoms with E-state index in [0.29, 0.717) is 12.1 Å². The number of rotatable bonds is 7. The lowest BCUT2D eigenvalue weighted by Crippen LogP contribution is -2.59. The average Bonchev–Trinajstić information content (AvgIpc) is 2.42. The molecule has 0 bridgehead atoms. The van der Waals surface area contributed by atoms with E-state index in [1.54, 1.807) is 14.2 Å². The van der Waals surface area contributed by atoms with Gasteiger partial charge < -0.3 is 14.8 Å². The Balaban J connectivity index is 2.04. The molecule has 1 aromatic rings. The summed E-state index contributed by atoms with van der Waals surface area (Å²) >= 11 is 0. The molecular formula is C16H26N2O2. The fraction of sp³-hybridized carbons (Fsp3) is 0.625. The highest BCUT2D eigenvalue weighted by molar-refractivity contribution is 5.43. The van der Waals surface area contributed by atoms with Gasteiger partial charge in [-0.15, -0.1) is 0 Å². The van der Waals surface area contributed by atoms with Gasteiger partial charge in [-0.1, -0.05) is 13.0 Å². The molecule has 1 aromatic carbocycles. The van der Waals surface area contributed by atoms with E-state index in [2.05, 4.69) is 36.2 Å². The lowest BCUT2D eigenvalue weighted by atomic mass is 10.0. The molecule has 0 saturated carbocycles. The number of likely N-dealkylation sites (N-methyl/N-ethyl adjacent to an activating group) is 1. The van der Waals surface area contributed by atoms with Crippen molar-refractivity contribution in [2.45, 2.75) is 32.4 Å². The van der Waals surface area contributed by atoms with Crippen molar-refractivity contribution >= 4 is 0 Å². The first-order chi connectivity index (χ1) is 9.69. The zero-order chi connectivity index (χ0) is 14.5. The van der Waals surface area contributed by atoms with Gasteiger partial charge in [0, 0.05) is 25.2 Å². The molecule has 0 aromatic heterocycles. The van der Waals surface area contributed by atoms with Crippen LogP contribution in [0.5, 0.6) is 11.5 Å². The molecular weight excluding hydrogens is 252 g/mol. The van der Waals surface area contributed by atoms with Crippen molar-refractivity contribution in [1.29, 1.82) is 0 Å². The van der Waals surface area contributed by atoms with Crippen LogP contribution in [0.1, 0.15) is 19.4 Å². The summed E-state index contributed by atoms with van der Waals surface area (Å²) in [4.78, 5) is 2.58. The Bertz CT molecular complexity index is 432. The van der Waals surface area contributed by atoms with Crippen molar-refractivity contribution in [2.75, 3.05) is 33.9 Å². The average molecular weight is 278 g/mol. The van der Waals surface area contributed by atoms with Crippen LogP contribution < -0.4 is 14.8 Å². The second kappa shape index (κ2) is 6.95. The Hall–Kier alpha value is -1.26. The zero-order valence-electron chi connectivity index (χ0n) is 13.0. The molecule has 4 nitrogen and oxygen atoms in total. The standard InChI is InChI=1S/C16H26N2O2/c1-5-18(14-10-17-11-14)12(2)8-13-6-7-15(19-3)16(9-13)20-4/h6-7,9,12,14,17H,5,8,10-11H2,1-4H3. The second-order valence-corrected chi connectivity index (χ2v) is 5.39. The molecule has 1 fully saturated rings. The van der Waals surface area contributed by atoms with Crippen molar-refractivity contribution in [3.8, 4) is 11.5 Å². The molecule has 0 aliphatic carbocycles. The number of hydrogen-bond acceptors (Lipinski definition) is 4. The smallest absolute Gasteiger partial charge is 0.160 e. The fourth-order valence-electron chi connectivity index (χ4n) is 2.90. The van der Waals surface area contributed by atoms with Crippen LogP contribution in [-0.2, 0) is 6.42 Å². The van der Waals surface area contributed by atoms with Crippen molar-refractivity contribution in [1.82, 2.24) is 10.2 Å². The molecule has 2 rings (SSSR count). The van der Waals surface area contributed by atoms with Crippen LogP contribution in [0.25, 0.3) is 0 Å². The molecule has 112 valence electrons. The number of ether oxygens (including phenoxy) is 2. The molecule has 0 radical (unpaired) electrons. The van der Waals surface area contributed by atoms with Gasteiger partial charge in [0.15, 0.2) is 11.5 Å². The summed E-state index contributed by atoms with van der Waals surface area (Å²) < 4.78 is 10.7. The first-order valence-electron chi connectivity index (χ1n) is 7.37. The van der Waals surface area contributed by atoms with Gasteiger partial charge in [0.2, 0.25) is 0 Å². The maximum Gasteiger partial charge on any atom is 0.160 e. The monoisotopic (exact) mass is 278 g/mol. The number of nitrogens with one attached hydrogen (secondary N) is 1. The van der Waals surface area contributed by atoms with E-state index in [-0.39, 0.29) is 0 Å². The maximum atomic E-state index is 5.38. The molecule has 1 atom stereocenters. The van der Waals surface area contributed by atoms with Gasteiger partial charge in [0.05, 0.1) is 14.2 Å². The molecule has 0 spiro atoms. The summed E-state index contributed by atoms with van der Waals surface area (Å²) in [6.07, 6.45) is 1.03. The Kier molecular flexibility index (Phi) is 5.26. The van der Waals surface area contributed by atoms with Gasteiger partial charge in [0.1, 0.15) is 0 Å². The van der Waals surface area contributed by atoms with E-state index in [9.17, 15) is 0 Å². The molecule has 4 heteroatoms. The number of methoxy groups -OCH3 is 2. The lowest BCUT2D eigenvalue weighted by molar-refractivity contribution is 0.109. The SMILES string of the molecule is CCN(C(C)Cc1ccc(OC)c(OC)c1)C1CNC1. The minimum Gasteiger partial charge on any atom is -0.493 e. The Morgan fingerprint density at radius 3 is 2.45 bits per heavy atom. The van der Waals surface area contributed by atoms with Gasteiger partial charge in [-0.05, 0) is 37.6 Å². The predicted molar refractivity (Wildman–Crippen MR) is 81.7 cm³/mol. The van der Waals surface area contributed by atoms with Gasteiger partial charge in [-0.3, -0.25) is 4.90 Å². The van der Waals surface area contributed by atoms with Crippen LogP contribution in [0.2, 0.25) is 0 Å². The molecule has 1 N–H and O–H groups in total. The first-order valence-corrected chi connectivity index (χ1v) is 7.37. The fourth-order valence-corrected chi connectivity index (χ4v) is 2.90. The van der Waals surface area contributed by atoms with Gasteiger partial charge >= 0.3 is 0 Å². The molecule has 1 saturated heterocycles. The summed E-state index contributed by atoms with van der Waals surface area (Å²) in [6, 6.07) is 7.43. The summed E-state index contributed by atoms with van der Waals surface area (Å²) in [7, 11) is 3.35. The summed E-state index contributed by atoms with van der Waals surface area (Å²) in [5.74, 6) is 1.60. The Morgan fingerprint density at radius 2 is 1.95 bits per heavy atom. The van der Waals surface area contributed by atoms with Crippen LogP contribution in [0.3, 0.4) is 0 Å². The van der Waals surface area contributed by atoms with E-state index in [4.69, 9.17) is 9.47 Å². The lowest BCUT2D eigenvalue weighted by Gasteiger charge is -2.41.